The predicted molar refractivity (Wildman–Crippen MR) is 95.2 cm³/mol. The molecule has 0 saturated carbocycles. The van der Waals surface area contributed by atoms with E-state index in [4.69, 9.17) is 9.15 Å². The molecule has 11 nitrogen and oxygen atoms in total. The van der Waals surface area contributed by atoms with Gasteiger partial charge in [0.05, 0.1) is 12.9 Å². The van der Waals surface area contributed by atoms with Crippen molar-refractivity contribution < 1.29 is 18.7 Å². The summed E-state index contributed by atoms with van der Waals surface area (Å²) in [4.78, 5) is 39.4. The molecule has 0 radical (unpaired) electrons. The Morgan fingerprint density at radius 3 is 3.04 bits per heavy atom. The summed E-state index contributed by atoms with van der Waals surface area (Å²) >= 11 is 0. The lowest BCUT2D eigenvalue weighted by atomic mass is 10.3. The van der Waals surface area contributed by atoms with Crippen LogP contribution in [0, 0.1) is 0 Å². The van der Waals surface area contributed by atoms with Gasteiger partial charge in [-0.25, -0.2) is 19.7 Å². The van der Waals surface area contributed by atoms with Crippen LogP contribution < -0.4 is 5.32 Å². The Hall–Kier alpha value is -4.02. The molecule has 1 atom stereocenters. The van der Waals surface area contributed by atoms with E-state index in [1.54, 1.807) is 29.2 Å². The van der Waals surface area contributed by atoms with E-state index in [1.165, 1.54) is 25.6 Å². The zero-order valence-electron chi connectivity index (χ0n) is 14.7. The maximum absolute atomic E-state index is 12.3. The van der Waals surface area contributed by atoms with Crippen molar-refractivity contribution in [3.05, 3.63) is 54.8 Å². The first-order valence-corrected chi connectivity index (χ1v) is 8.32. The van der Waals surface area contributed by atoms with Crippen LogP contribution in [-0.2, 0) is 16.1 Å². The first-order chi connectivity index (χ1) is 13.6. The highest BCUT2D eigenvalue weighted by Crippen LogP contribution is 2.16. The number of furan rings is 1. The number of hydrogen-bond acceptors (Lipinski definition) is 8. The predicted octanol–water partition coefficient (Wildman–Crippen LogP) is 1.37. The number of hydrogen-bond donors (Lipinski definition) is 2. The molecule has 0 saturated heterocycles. The van der Waals surface area contributed by atoms with Crippen LogP contribution in [0.4, 0.5) is 5.82 Å². The fraction of sp³-hybridized carbons (Fsp3) is 0.176. The molecule has 4 aromatic heterocycles. The summed E-state index contributed by atoms with van der Waals surface area (Å²) in [5, 5.41) is 6.65. The summed E-state index contributed by atoms with van der Waals surface area (Å²) in [6.45, 7) is 1.83. The van der Waals surface area contributed by atoms with Gasteiger partial charge < -0.3 is 19.5 Å². The SMILES string of the molecule is CC(OC(=O)c1ccc(Cn2cccn2)o1)C(=O)Nc1ncnc2nc[nH]c12. The summed E-state index contributed by atoms with van der Waals surface area (Å²) in [5.74, 6) is -0.514. The second-order valence-corrected chi connectivity index (χ2v) is 5.83. The maximum Gasteiger partial charge on any atom is 0.375 e. The number of aromatic amines is 1. The van der Waals surface area contributed by atoms with E-state index in [2.05, 4.69) is 30.4 Å². The van der Waals surface area contributed by atoms with E-state index in [0.717, 1.165) is 0 Å². The van der Waals surface area contributed by atoms with Gasteiger partial charge in [0.1, 0.15) is 17.6 Å². The normalized spacial score (nSPS) is 12.0. The average molecular weight is 381 g/mol. The molecule has 4 heterocycles. The molecule has 11 heteroatoms. The molecule has 0 aliphatic heterocycles. The second-order valence-electron chi connectivity index (χ2n) is 5.83. The van der Waals surface area contributed by atoms with Gasteiger partial charge in [-0.1, -0.05) is 0 Å². The minimum atomic E-state index is -1.07. The van der Waals surface area contributed by atoms with E-state index in [-0.39, 0.29) is 11.6 Å². The summed E-state index contributed by atoms with van der Waals surface area (Å²) in [5.41, 5.74) is 0.888. The molecular formula is C17H15N7O4. The monoisotopic (exact) mass is 381 g/mol. The maximum atomic E-state index is 12.3. The first-order valence-electron chi connectivity index (χ1n) is 8.32. The number of nitrogens with one attached hydrogen (secondary N) is 2. The lowest BCUT2D eigenvalue weighted by molar-refractivity contribution is -0.123. The summed E-state index contributed by atoms with van der Waals surface area (Å²) < 4.78 is 12.3. The van der Waals surface area contributed by atoms with Gasteiger partial charge in [0, 0.05) is 12.4 Å². The molecule has 2 N–H and O–H groups in total. The smallest absolute Gasteiger partial charge is 0.375 e. The Kier molecular flexibility index (Phi) is 4.54. The van der Waals surface area contributed by atoms with Crippen LogP contribution in [0.15, 0.2) is 47.7 Å². The van der Waals surface area contributed by atoms with E-state index in [1.807, 2.05) is 0 Å². The fourth-order valence-electron chi connectivity index (χ4n) is 2.48. The van der Waals surface area contributed by atoms with Crippen LogP contribution in [0.5, 0.6) is 0 Å². The molecule has 1 amide bonds. The van der Waals surface area contributed by atoms with Crippen molar-refractivity contribution in [3.8, 4) is 0 Å². The summed E-state index contributed by atoms with van der Waals surface area (Å²) in [7, 11) is 0. The van der Waals surface area contributed by atoms with Gasteiger partial charge in [0.2, 0.25) is 5.76 Å². The summed E-state index contributed by atoms with van der Waals surface area (Å²) in [6.07, 6.45) is 5.07. The number of H-pyrrole nitrogens is 1. The Labute approximate surface area is 157 Å². The lowest BCUT2D eigenvalue weighted by Crippen LogP contribution is -2.30. The third kappa shape index (κ3) is 3.58. The molecule has 0 bridgehead atoms. The number of rotatable bonds is 6. The van der Waals surface area contributed by atoms with Gasteiger partial charge in [-0.2, -0.15) is 5.10 Å². The van der Waals surface area contributed by atoms with Gasteiger partial charge >= 0.3 is 5.97 Å². The third-order valence-electron chi connectivity index (χ3n) is 3.86. The van der Waals surface area contributed by atoms with Crippen molar-refractivity contribution in [2.24, 2.45) is 0 Å². The Morgan fingerprint density at radius 1 is 1.32 bits per heavy atom. The number of fused-ring (bicyclic) bond motifs is 1. The number of esters is 1. The topological polar surface area (TPSA) is 141 Å². The zero-order valence-corrected chi connectivity index (χ0v) is 14.7. The van der Waals surface area contributed by atoms with Crippen molar-refractivity contribution in [2.45, 2.75) is 19.6 Å². The first kappa shape index (κ1) is 17.4. The largest absolute Gasteiger partial charge is 0.452 e. The van der Waals surface area contributed by atoms with Crippen LogP contribution in [0.2, 0.25) is 0 Å². The lowest BCUT2D eigenvalue weighted by Gasteiger charge is -2.12. The third-order valence-corrected chi connectivity index (χ3v) is 3.86. The molecule has 142 valence electrons. The fourth-order valence-corrected chi connectivity index (χ4v) is 2.48. The average Bonchev–Trinajstić information content (AvgIpc) is 3.44. The van der Waals surface area contributed by atoms with E-state index in [9.17, 15) is 9.59 Å². The Morgan fingerprint density at radius 2 is 2.21 bits per heavy atom. The van der Waals surface area contributed by atoms with Gasteiger partial charge in [-0.3, -0.25) is 9.48 Å². The van der Waals surface area contributed by atoms with Crippen molar-refractivity contribution in [2.75, 3.05) is 5.32 Å². The van der Waals surface area contributed by atoms with Crippen LogP contribution in [0.1, 0.15) is 23.2 Å². The van der Waals surface area contributed by atoms with Crippen LogP contribution >= 0.6 is 0 Å². The van der Waals surface area contributed by atoms with Crippen molar-refractivity contribution in [1.82, 2.24) is 29.7 Å². The highest BCUT2D eigenvalue weighted by atomic mass is 16.6. The molecule has 4 rings (SSSR count). The van der Waals surface area contributed by atoms with E-state index < -0.39 is 18.0 Å². The van der Waals surface area contributed by atoms with Gasteiger partial charge in [0.25, 0.3) is 5.91 Å². The molecule has 0 aliphatic carbocycles. The number of carbonyl (C=O) groups excluding carboxylic acids is 2. The molecule has 0 spiro atoms. The number of aromatic nitrogens is 6. The van der Waals surface area contributed by atoms with Crippen LogP contribution in [-0.4, -0.2) is 47.7 Å². The standard InChI is InChI=1S/C17H15N7O4/c1-10(16(25)23-15-13-14(19-8-18-13)20-9-21-15)27-17(26)12-4-3-11(28-12)7-24-6-2-5-22-24/h2-6,8-10H,7H2,1H3,(H2,18,19,20,21,23,25). The molecule has 28 heavy (non-hydrogen) atoms. The minimum Gasteiger partial charge on any atom is -0.452 e. The zero-order chi connectivity index (χ0) is 19.5. The van der Waals surface area contributed by atoms with Crippen molar-refractivity contribution in [3.63, 3.8) is 0 Å². The molecule has 1 unspecified atom stereocenters. The number of imidazole rings is 1. The highest BCUT2D eigenvalue weighted by molar-refractivity contribution is 6.00. The molecule has 0 aliphatic rings. The number of ether oxygens (including phenoxy) is 1. The van der Waals surface area contributed by atoms with Crippen molar-refractivity contribution in [1.29, 1.82) is 0 Å². The van der Waals surface area contributed by atoms with Crippen molar-refractivity contribution >= 4 is 28.9 Å². The van der Waals surface area contributed by atoms with Gasteiger partial charge in [-0.15, -0.1) is 0 Å². The van der Waals surface area contributed by atoms with E-state index >= 15 is 0 Å². The van der Waals surface area contributed by atoms with Gasteiger partial charge in [-0.05, 0) is 25.1 Å². The number of amides is 1. The highest BCUT2D eigenvalue weighted by Gasteiger charge is 2.22. The second kappa shape index (κ2) is 7.31. The minimum absolute atomic E-state index is 0.000185. The van der Waals surface area contributed by atoms with E-state index in [0.29, 0.717) is 23.5 Å². The van der Waals surface area contributed by atoms with Crippen LogP contribution in [0.25, 0.3) is 11.2 Å². The number of anilines is 1. The molecule has 0 aromatic carbocycles. The van der Waals surface area contributed by atoms with Gasteiger partial charge in [0.15, 0.2) is 17.6 Å². The Bertz CT molecular complexity index is 1120. The Balaban J connectivity index is 1.38. The molecule has 0 fully saturated rings. The summed E-state index contributed by atoms with van der Waals surface area (Å²) in [6, 6.07) is 4.93. The molecular weight excluding hydrogens is 366 g/mol. The quantitative estimate of drug-likeness (QED) is 0.477. The number of carbonyl (C=O) groups is 2. The van der Waals surface area contributed by atoms with Crippen LogP contribution in [0.3, 0.4) is 0 Å². The number of nitrogens with zero attached hydrogens (tertiary/aromatic N) is 5. The molecule has 4 aromatic rings.